The molecule has 30 heavy (non-hydrogen) atoms. The zero-order chi connectivity index (χ0) is 22.3. The number of carbonyl (C=O) groups excluding carboxylic acids is 2. The molecule has 0 spiro atoms. The van der Waals surface area contributed by atoms with Gasteiger partial charge in [0.25, 0.3) is 5.91 Å². The van der Waals surface area contributed by atoms with Crippen LogP contribution < -0.4 is 10.6 Å². The fourth-order valence-corrected chi connectivity index (χ4v) is 3.54. The molecule has 0 fully saturated rings. The predicted octanol–water partition coefficient (Wildman–Crippen LogP) is 5.48. The highest BCUT2D eigenvalue weighted by Gasteiger charge is 2.15. The number of halogens is 4. The molecule has 1 unspecified atom stereocenters. The number of thioether (sulfide) groups is 1. The zero-order valence-corrected chi connectivity index (χ0v) is 17.8. The minimum atomic E-state index is -1.61. The summed E-state index contributed by atoms with van der Waals surface area (Å²) in [7, 11) is 0. The molecular weight excluding hydrogens is 441 g/mol. The lowest BCUT2D eigenvalue weighted by molar-refractivity contribution is 0.102. The van der Waals surface area contributed by atoms with Crippen molar-refractivity contribution < 1.29 is 27.5 Å². The highest BCUT2D eigenvalue weighted by molar-refractivity contribution is 7.99. The fourth-order valence-electron chi connectivity index (χ4n) is 2.28. The van der Waals surface area contributed by atoms with E-state index in [1.54, 1.807) is 6.92 Å². The van der Waals surface area contributed by atoms with Crippen LogP contribution in [0.15, 0.2) is 35.2 Å². The van der Waals surface area contributed by atoms with Gasteiger partial charge in [-0.3, -0.25) is 4.79 Å². The Labute approximate surface area is 181 Å². The minimum absolute atomic E-state index is 0.0244. The number of nitrogens with one attached hydrogen (secondary N) is 2. The smallest absolute Gasteiger partial charge is 0.407 e. The average Bonchev–Trinajstić information content (AvgIpc) is 2.70. The summed E-state index contributed by atoms with van der Waals surface area (Å²) in [4.78, 5) is 24.3. The molecule has 0 heterocycles. The van der Waals surface area contributed by atoms with Gasteiger partial charge in [0.1, 0.15) is 0 Å². The first-order valence-corrected chi connectivity index (χ1v) is 10.4. The van der Waals surface area contributed by atoms with Crippen LogP contribution in [0.25, 0.3) is 0 Å². The normalized spacial score (nSPS) is 11.7. The maximum atomic E-state index is 13.3. The molecule has 162 valence electrons. The van der Waals surface area contributed by atoms with E-state index in [1.807, 2.05) is 6.92 Å². The molecule has 10 heteroatoms. The number of ether oxygens (including phenoxy) is 1. The number of anilines is 1. The molecule has 0 aliphatic carbocycles. The van der Waals surface area contributed by atoms with Crippen LogP contribution in [0.1, 0.15) is 24.2 Å². The van der Waals surface area contributed by atoms with Gasteiger partial charge in [-0.05, 0) is 31.0 Å². The number of rotatable bonds is 8. The van der Waals surface area contributed by atoms with Crippen molar-refractivity contribution in [1.29, 1.82) is 0 Å². The third kappa shape index (κ3) is 6.84. The SMILES string of the molecule is CCNC(=O)OCC(C)CSc1cc(C(=O)Nc2cc(F)c(F)c(F)c2)ccc1Cl. The molecule has 1 atom stereocenters. The summed E-state index contributed by atoms with van der Waals surface area (Å²) in [5.74, 6) is -4.45. The van der Waals surface area contributed by atoms with Crippen LogP contribution in [-0.4, -0.2) is 30.9 Å². The van der Waals surface area contributed by atoms with E-state index < -0.39 is 29.5 Å². The molecule has 2 amide bonds. The molecule has 5 nitrogen and oxygen atoms in total. The van der Waals surface area contributed by atoms with E-state index in [9.17, 15) is 22.8 Å². The van der Waals surface area contributed by atoms with Crippen LogP contribution in [0, 0.1) is 23.4 Å². The van der Waals surface area contributed by atoms with E-state index in [4.69, 9.17) is 16.3 Å². The topological polar surface area (TPSA) is 67.4 Å². The third-order valence-electron chi connectivity index (χ3n) is 3.78. The molecule has 2 aromatic carbocycles. The van der Waals surface area contributed by atoms with Crippen molar-refractivity contribution in [2.75, 3.05) is 24.2 Å². The molecule has 0 aromatic heterocycles. The van der Waals surface area contributed by atoms with E-state index in [1.165, 1.54) is 30.0 Å². The number of hydrogen-bond donors (Lipinski definition) is 2. The van der Waals surface area contributed by atoms with Crippen LogP contribution >= 0.6 is 23.4 Å². The quantitative estimate of drug-likeness (QED) is 0.404. The van der Waals surface area contributed by atoms with Crippen molar-refractivity contribution in [3.05, 3.63) is 58.4 Å². The van der Waals surface area contributed by atoms with Crippen molar-refractivity contribution in [2.24, 2.45) is 5.92 Å². The molecule has 2 aromatic rings. The number of amides is 2. The Kier molecular flexibility index (Phi) is 8.86. The number of carbonyl (C=O) groups is 2. The molecule has 0 saturated carbocycles. The highest BCUT2D eigenvalue weighted by Crippen LogP contribution is 2.30. The third-order valence-corrected chi connectivity index (χ3v) is 5.60. The van der Waals surface area contributed by atoms with Crippen LogP contribution in [0.5, 0.6) is 0 Å². The lowest BCUT2D eigenvalue weighted by atomic mass is 10.2. The molecule has 0 bridgehead atoms. The molecule has 2 N–H and O–H groups in total. The molecule has 0 aliphatic heterocycles. The average molecular weight is 461 g/mol. The molecule has 0 saturated heterocycles. The summed E-state index contributed by atoms with van der Waals surface area (Å²) in [6, 6.07) is 5.91. The van der Waals surface area contributed by atoms with Gasteiger partial charge in [-0.15, -0.1) is 11.8 Å². The first kappa shape index (κ1) is 23.9. The molecule has 0 aliphatic rings. The maximum absolute atomic E-state index is 13.3. The van der Waals surface area contributed by atoms with Gasteiger partial charge >= 0.3 is 6.09 Å². The highest BCUT2D eigenvalue weighted by atomic mass is 35.5. The molecular formula is C20H20ClF3N2O3S. The van der Waals surface area contributed by atoms with E-state index in [2.05, 4.69) is 10.6 Å². The van der Waals surface area contributed by atoms with Crippen molar-refractivity contribution in [3.8, 4) is 0 Å². The number of alkyl carbamates (subject to hydrolysis) is 1. The Bertz CT molecular complexity index is 907. The van der Waals surface area contributed by atoms with Crippen LogP contribution in [0.3, 0.4) is 0 Å². The summed E-state index contributed by atoms with van der Waals surface area (Å²) >= 11 is 7.56. The van der Waals surface area contributed by atoms with Gasteiger partial charge in [-0.1, -0.05) is 18.5 Å². The van der Waals surface area contributed by atoms with Gasteiger partial charge in [0.15, 0.2) is 17.5 Å². The Morgan fingerprint density at radius 3 is 2.47 bits per heavy atom. The summed E-state index contributed by atoms with van der Waals surface area (Å²) in [6.07, 6.45) is -0.486. The Morgan fingerprint density at radius 2 is 1.83 bits per heavy atom. The predicted molar refractivity (Wildman–Crippen MR) is 111 cm³/mol. The van der Waals surface area contributed by atoms with E-state index >= 15 is 0 Å². The van der Waals surface area contributed by atoms with Gasteiger partial charge in [0, 0.05) is 40.6 Å². The van der Waals surface area contributed by atoms with E-state index in [0.29, 0.717) is 34.3 Å². The standard InChI is InChI=1S/C20H20ClF3N2O3S/c1-3-25-20(28)29-9-11(2)10-30-17-6-12(4-5-14(17)21)19(27)26-13-7-15(22)18(24)16(23)8-13/h4-8,11H,3,9-10H2,1-2H3,(H,25,28)(H,26,27). The first-order chi connectivity index (χ1) is 14.2. The monoisotopic (exact) mass is 460 g/mol. The van der Waals surface area contributed by atoms with Gasteiger partial charge in [-0.25, -0.2) is 18.0 Å². The van der Waals surface area contributed by atoms with E-state index in [0.717, 1.165) is 0 Å². The van der Waals surface area contributed by atoms with Crippen molar-refractivity contribution in [1.82, 2.24) is 5.32 Å². The van der Waals surface area contributed by atoms with Crippen molar-refractivity contribution >= 4 is 41.1 Å². The number of benzene rings is 2. The van der Waals surface area contributed by atoms with Crippen LogP contribution in [0.4, 0.5) is 23.7 Å². The lowest BCUT2D eigenvalue weighted by Gasteiger charge is -2.13. The first-order valence-electron chi connectivity index (χ1n) is 9.00. The summed E-state index contributed by atoms with van der Waals surface area (Å²) in [5.41, 5.74) is -0.00468. The van der Waals surface area contributed by atoms with Gasteiger partial charge in [0.05, 0.1) is 11.6 Å². The number of hydrogen-bond acceptors (Lipinski definition) is 4. The van der Waals surface area contributed by atoms with Crippen molar-refractivity contribution in [2.45, 2.75) is 18.7 Å². The maximum Gasteiger partial charge on any atom is 0.407 e. The van der Waals surface area contributed by atoms with Crippen LogP contribution in [-0.2, 0) is 4.74 Å². The van der Waals surface area contributed by atoms with Crippen molar-refractivity contribution in [3.63, 3.8) is 0 Å². The second kappa shape index (κ2) is 11.1. The van der Waals surface area contributed by atoms with Gasteiger partial charge < -0.3 is 15.4 Å². The van der Waals surface area contributed by atoms with Crippen LogP contribution in [0.2, 0.25) is 5.02 Å². The Balaban J connectivity index is 2.00. The summed E-state index contributed by atoms with van der Waals surface area (Å²) in [5, 5.41) is 5.28. The fraction of sp³-hybridized carbons (Fsp3) is 0.300. The molecule has 0 radical (unpaired) electrons. The Hall–Kier alpha value is -2.39. The molecule has 2 rings (SSSR count). The summed E-state index contributed by atoms with van der Waals surface area (Å²) in [6.45, 7) is 4.38. The van der Waals surface area contributed by atoms with Gasteiger partial charge in [-0.2, -0.15) is 0 Å². The second-order valence-electron chi connectivity index (χ2n) is 6.40. The summed E-state index contributed by atoms with van der Waals surface area (Å²) < 4.78 is 44.8. The zero-order valence-electron chi connectivity index (χ0n) is 16.2. The second-order valence-corrected chi connectivity index (χ2v) is 7.87. The van der Waals surface area contributed by atoms with E-state index in [-0.39, 0.29) is 23.8 Å². The lowest BCUT2D eigenvalue weighted by Crippen LogP contribution is -2.26. The Morgan fingerprint density at radius 1 is 1.17 bits per heavy atom. The largest absolute Gasteiger partial charge is 0.449 e. The van der Waals surface area contributed by atoms with Gasteiger partial charge in [0.2, 0.25) is 0 Å². The minimum Gasteiger partial charge on any atom is -0.449 e.